The number of halogens is 1. The van der Waals surface area contributed by atoms with Gasteiger partial charge >= 0.3 is 6.09 Å². The second kappa shape index (κ2) is 6.64. The van der Waals surface area contributed by atoms with Crippen LogP contribution in [0.15, 0.2) is 57.5 Å². The summed E-state index contributed by atoms with van der Waals surface area (Å²) in [5.74, 6) is 0. The maximum Gasteiger partial charge on any atom is 0.442 e. The van der Waals surface area contributed by atoms with E-state index in [1.165, 1.54) is 6.26 Å². The van der Waals surface area contributed by atoms with Crippen molar-refractivity contribution in [2.75, 3.05) is 6.26 Å². The number of hydrogen-bond donors (Lipinski definition) is 0. The van der Waals surface area contributed by atoms with Crippen LogP contribution in [0.3, 0.4) is 0 Å². The minimum Gasteiger partial charge on any atom is -0.443 e. The zero-order chi connectivity index (χ0) is 17.2. The van der Waals surface area contributed by atoms with Crippen molar-refractivity contribution >= 4 is 31.8 Å². The number of ether oxygens (including phenoxy) is 1. The predicted octanol–water partition coefficient (Wildman–Crippen LogP) is 4.27. The Labute approximate surface area is 149 Å². The van der Waals surface area contributed by atoms with Crippen LogP contribution in [-0.2, 0) is 25.8 Å². The van der Waals surface area contributed by atoms with Crippen LogP contribution in [0.4, 0.5) is 4.79 Å². The summed E-state index contributed by atoms with van der Waals surface area (Å²) in [6.45, 7) is 0.112. The molecule has 1 aliphatic rings. The smallest absolute Gasteiger partial charge is 0.442 e. The minimum atomic E-state index is -2.81. The lowest BCUT2D eigenvalue weighted by molar-refractivity contribution is 0.151. The van der Waals surface area contributed by atoms with E-state index in [0.29, 0.717) is 18.5 Å². The van der Waals surface area contributed by atoms with E-state index in [-0.39, 0.29) is 6.61 Å². The van der Waals surface area contributed by atoms with Crippen molar-refractivity contribution in [3.8, 4) is 0 Å². The van der Waals surface area contributed by atoms with Gasteiger partial charge in [0.05, 0.1) is 20.2 Å². The fourth-order valence-corrected chi connectivity index (χ4v) is 4.78. The van der Waals surface area contributed by atoms with E-state index in [9.17, 15) is 9.00 Å². The fraction of sp³-hybridized carbons (Fsp3) is 0.294. The van der Waals surface area contributed by atoms with Gasteiger partial charge in [0.1, 0.15) is 6.61 Å². The topological polar surface area (TPSA) is 68.6 Å². The largest absolute Gasteiger partial charge is 0.443 e. The molecule has 1 fully saturated rings. The molecule has 1 atom stereocenters. The number of amides is 1. The molecule has 126 valence electrons. The maximum atomic E-state index is 13.1. The van der Waals surface area contributed by atoms with Gasteiger partial charge in [-0.3, -0.25) is 4.98 Å². The SMILES string of the molecule is CS(=O)(=NC(=O)OCc1ccccc1)C1(c2cc(Br)ccn2)CC1. The Bertz CT molecular complexity index is 872. The molecule has 2 aromatic rings. The van der Waals surface area contributed by atoms with Crippen LogP contribution >= 0.6 is 15.9 Å². The molecular weight excluding hydrogens is 392 g/mol. The molecule has 0 bridgehead atoms. The van der Waals surface area contributed by atoms with Crippen molar-refractivity contribution in [1.82, 2.24) is 4.98 Å². The first-order valence-electron chi connectivity index (χ1n) is 7.47. The Morgan fingerprint density at radius 1 is 1.33 bits per heavy atom. The van der Waals surface area contributed by atoms with Crippen molar-refractivity contribution < 1.29 is 13.7 Å². The first-order chi connectivity index (χ1) is 11.4. The van der Waals surface area contributed by atoms with Gasteiger partial charge in [-0.05, 0) is 30.5 Å². The number of carbonyl (C=O) groups is 1. The van der Waals surface area contributed by atoms with Gasteiger partial charge in [-0.15, -0.1) is 4.36 Å². The van der Waals surface area contributed by atoms with Gasteiger partial charge in [0.2, 0.25) is 0 Å². The van der Waals surface area contributed by atoms with Crippen molar-refractivity contribution in [3.05, 3.63) is 64.4 Å². The number of hydrogen-bond acceptors (Lipinski definition) is 4. The second-order valence-electron chi connectivity index (χ2n) is 5.79. The van der Waals surface area contributed by atoms with E-state index < -0.39 is 20.6 Å². The Kier molecular flexibility index (Phi) is 4.73. The van der Waals surface area contributed by atoms with E-state index >= 15 is 0 Å². The van der Waals surface area contributed by atoms with Crippen LogP contribution < -0.4 is 0 Å². The third kappa shape index (κ3) is 3.52. The lowest BCUT2D eigenvalue weighted by Gasteiger charge is -2.16. The molecule has 0 radical (unpaired) electrons. The number of nitrogens with zero attached hydrogens (tertiary/aromatic N) is 2. The maximum absolute atomic E-state index is 13.1. The summed E-state index contributed by atoms with van der Waals surface area (Å²) < 4.78 is 22.3. The van der Waals surface area contributed by atoms with E-state index in [1.54, 1.807) is 6.20 Å². The van der Waals surface area contributed by atoms with E-state index in [2.05, 4.69) is 25.3 Å². The molecule has 3 rings (SSSR count). The second-order valence-corrected chi connectivity index (χ2v) is 9.27. The number of carbonyl (C=O) groups excluding carboxylic acids is 1. The molecule has 1 amide bonds. The highest BCUT2D eigenvalue weighted by Gasteiger charge is 2.53. The standard InChI is InChI=1S/C17H17BrN2O3S/c1-24(22,17(8-9-17)15-11-14(18)7-10-19-15)20-16(21)23-12-13-5-3-2-4-6-13/h2-7,10-11H,8-9,12H2,1H3. The third-order valence-electron chi connectivity index (χ3n) is 4.07. The van der Waals surface area contributed by atoms with Crippen LogP contribution in [0.1, 0.15) is 24.1 Å². The summed E-state index contributed by atoms with van der Waals surface area (Å²) >= 11 is 3.40. The van der Waals surface area contributed by atoms with Gasteiger partial charge in [0.25, 0.3) is 0 Å². The first-order valence-corrected chi connectivity index (χ1v) is 10.2. The summed E-state index contributed by atoms with van der Waals surface area (Å²) in [5, 5.41) is 0. The Hall–Kier alpha value is -1.73. The molecule has 0 N–H and O–H groups in total. The van der Waals surface area contributed by atoms with Gasteiger partial charge in [-0.2, -0.15) is 0 Å². The lowest BCUT2D eigenvalue weighted by atomic mass is 10.2. The van der Waals surface area contributed by atoms with E-state index in [0.717, 1.165) is 10.0 Å². The summed E-state index contributed by atoms with van der Waals surface area (Å²) in [5.41, 5.74) is 1.56. The van der Waals surface area contributed by atoms with Crippen molar-refractivity contribution in [3.63, 3.8) is 0 Å². The fourth-order valence-electron chi connectivity index (χ4n) is 2.57. The molecule has 7 heteroatoms. The Morgan fingerprint density at radius 2 is 2.04 bits per heavy atom. The summed E-state index contributed by atoms with van der Waals surface area (Å²) in [7, 11) is -2.81. The highest BCUT2D eigenvalue weighted by Crippen LogP contribution is 2.52. The van der Waals surface area contributed by atoms with Gasteiger partial charge in [-0.25, -0.2) is 9.00 Å². The van der Waals surface area contributed by atoms with Gasteiger partial charge < -0.3 is 4.74 Å². The Balaban J connectivity index is 1.78. The molecule has 0 saturated heterocycles. The van der Waals surface area contributed by atoms with Gasteiger partial charge in [-0.1, -0.05) is 46.3 Å². The van der Waals surface area contributed by atoms with E-state index in [4.69, 9.17) is 4.74 Å². The van der Waals surface area contributed by atoms with Gasteiger partial charge in [0, 0.05) is 16.9 Å². The first kappa shape index (κ1) is 17.1. The molecular formula is C17H17BrN2O3S. The van der Waals surface area contributed by atoms with E-state index in [1.807, 2.05) is 42.5 Å². The highest BCUT2D eigenvalue weighted by atomic mass is 79.9. The summed E-state index contributed by atoms with van der Waals surface area (Å²) in [4.78, 5) is 16.3. The van der Waals surface area contributed by atoms with Crippen LogP contribution in [0.2, 0.25) is 0 Å². The van der Waals surface area contributed by atoms with Crippen LogP contribution in [0.25, 0.3) is 0 Å². The predicted molar refractivity (Wildman–Crippen MR) is 96.0 cm³/mol. The molecule has 1 aliphatic carbocycles. The average molecular weight is 409 g/mol. The number of rotatable bonds is 4. The number of benzene rings is 1. The van der Waals surface area contributed by atoms with Crippen LogP contribution in [-0.4, -0.2) is 21.5 Å². The zero-order valence-electron chi connectivity index (χ0n) is 13.1. The zero-order valence-corrected chi connectivity index (χ0v) is 15.5. The normalized spacial score (nSPS) is 17.6. The molecule has 24 heavy (non-hydrogen) atoms. The quantitative estimate of drug-likeness (QED) is 0.757. The minimum absolute atomic E-state index is 0.112. The molecule has 1 unspecified atom stereocenters. The van der Waals surface area contributed by atoms with Crippen LogP contribution in [0, 0.1) is 0 Å². The summed E-state index contributed by atoms with van der Waals surface area (Å²) in [6.07, 6.45) is 3.75. The molecule has 0 spiro atoms. The average Bonchev–Trinajstić information content (AvgIpc) is 3.36. The monoisotopic (exact) mass is 408 g/mol. The molecule has 1 aromatic heterocycles. The van der Waals surface area contributed by atoms with Crippen molar-refractivity contribution in [2.45, 2.75) is 24.2 Å². The Morgan fingerprint density at radius 3 is 2.67 bits per heavy atom. The van der Waals surface area contributed by atoms with Crippen molar-refractivity contribution in [1.29, 1.82) is 0 Å². The number of pyridine rings is 1. The molecule has 5 nitrogen and oxygen atoms in total. The highest BCUT2D eigenvalue weighted by molar-refractivity contribution is 9.10. The summed E-state index contributed by atoms with van der Waals surface area (Å²) in [6, 6.07) is 13.0. The van der Waals surface area contributed by atoms with Crippen LogP contribution in [0.5, 0.6) is 0 Å². The number of aromatic nitrogens is 1. The molecule has 1 aromatic carbocycles. The third-order valence-corrected chi connectivity index (χ3v) is 7.13. The molecule has 0 aliphatic heterocycles. The molecule has 1 heterocycles. The lowest BCUT2D eigenvalue weighted by Crippen LogP contribution is -2.22. The van der Waals surface area contributed by atoms with Gasteiger partial charge in [0.15, 0.2) is 0 Å². The molecule has 1 saturated carbocycles. The van der Waals surface area contributed by atoms with Crippen molar-refractivity contribution in [2.24, 2.45) is 4.36 Å².